The number of unbranched alkanes of at least 4 members (excludes halogenated alkanes) is 12. The number of carbonyl (C=O) groups excluding carboxylic acids is 4. The van der Waals surface area contributed by atoms with E-state index in [1.54, 1.807) is 21.0 Å². The minimum Gasteiger partial charge on any atom is -0.496 e. The summed E-state index contributed by atoms with van der Waals surface area (Å²) in [5.41, 5.74) is 4.07. The van der Waals surface area contributed by atoms with Gasteiger partial charge in [0.05, 0.1) is 31.5 Å². The molecule has 0 aliphatic carbocycles. The van der Waals surface area contributed by atoms with E-state index in [4.69, 9.17) is 14.2 Å². The summed E-state index contributed by atoms with van der Waals surface area (Å²) in [6.45, 7) is 10.7. The molecule has 1 fully saturated rings. The third-order valence-corrected chi connectivity index (χ3v) is 12.0. The van der Waals surface area contributed by atoms with Crippen LogP contribution in [0.25, 0.3) is 0 Å². The largest absolute Gasteiger partial charge is 0.496 e. The van der Waals surface area contributed by atoms with Crippen molar-refractivity contribution in [3.05, 3.63) is 76.0 Å². The Kier molecular flexibility index (Phi) is 21.0. The van der Waals surface area contributed by atoms with E-state index in [0.717, 1.165) is 68.6 Å². The van der Waals surface area contributed by atoms with Gasteiger partial charge >= 0.3 is 24.0 Å². The second kappa shape index (κ2) is 26.1. The van der Waals surface area contributed by atoms with Crippen molar-refractivity contribution < 1.29 is 33.4 Å². The number of ether oxygens (including phenoxy) is 3. The van der Waals surface area contributed by atoms with Gasteiger partial charge < -0.3 is 29.7 Å². The fourth-order valence-corrected chi connectivity index (χ4v) is 8.65. The predicted molar refractivity (Wildman–Crippen MR) is 238 cm³/mol. The first-order valence-electron chi connectivity index (χ1n) is 23.0. The van der Waals surface area contributed by atoms with E-state index < -0.39 is 30.2 Å². The molecule has 2 aliphatic rings. The van der Waals surface area contributed by atoms with E-state index in [0.29, 0.717) is 47.9 Å². The molecule has 11 nitrogen and oxygen atoms in total. The molecule has 60 heavy (non-hydrogen) atoms. The molecular formula is C49H74N4O7. The Bertz CT molecular complexity index is 1680. The number of imide groups is 1. The monoisotopic (exact) mass is 831 g/mol. The van der Waals surface area contributed by atoms with E-state index in [2.05, 4.69) is 22.5 Å². The molecule has 1 atom stereocenters. The van der Waals surface area contributed by atoms with Gasteiger partial charge in [0.25, 0.3) is 0 Å². The molecule has 332 valence electrons. The molecule has 2 aromatic carbocycles. The molecule has 4 amide bonds. The van der Waals surface area contributed by atoms with Crippen LogP contribution in [0.15, 0.2) is 53.7 Å². The number of rotatable bonds is 25. The number of aryl methyl sites for hydroxylation is 1. The molecule has 0 saturated carbocycles. The standard InChI is InChI=1S/C49H74N4O7/c1-7-9-10-11-12-13-14-15-16-17-18-19-20-23-39-24-21-25-42(58-5)43(39)45-44(47(55)60-36(3)4)41(8-2)51-49(57)53(45)48(56)50-32-22-33-52-34-30-38(31-35-52)37-26-28-40(29-27-37)46(54)59-6/h21,24-29,36,38,45H,7-20,22-23,30-35H2,1-6H3,(H,50,56)(H,51,57). The van der Waals surface area contributed by atoms with Crippen molar-refractivity contribution in [2.45, 2.75) is 161 Å². The summed E-state index contributed by atoms with van der Waals surface area (Å²) in [4.78, 5) is 57.6. The third-order valence-electron chi connectivity index (χ3n) is 12.0. The van der Waals surface area contributed by atoms with Crippen molar-refractivity contribution in [2.24, 2.45) is 0 Å². The lowest BCUT2D eigenvalue weighted by Crippen LogP contribution is -2.55. The van der Waals surface area contributed by atoms with Gasteiger partial charge in [-0.25, -0.2) is 24.1 Å². The van der Waals surface area contributed by atoms with Gasteiger partial charge in [-0.15, -0.1) is 0 Å². The Morgan fingerprint density at radius 2 is 1.42 bits per heavy atom. The molecule has 2 aromatic rings. The number of hydrogen-bond acceptors (Lipinski definition) is 8. The molecule has 4 rings (SSSR count). The van der Waals surface area contributed by atoms with Gasteiger partial charge in [0, 0.05) is 17.8 Å². The summed E-state index contributed by atoms with van der Waals surface area (Å²) in [5, 5.41) is 5.87. The summed E-state index contributed by atoms with van der Waals surface area (Å²) >= 11 is 0. The lowest BCUT2D eigenvalue weighted by Gasteiger charge is -2.38. The maximum Gasteiger partial charge on any atom is 0.338 e. The number of carbonyl (C=O) groups is 4. The number of allylic oxidation sites excluding steroid dienone is 1. The van der Waals surface area contributed by atoms with Crippen LogP contribution in [0.4, 0.5) is 9.59 Å². The summed E-state index contributed by atoms with van der Waals surface area (Å²) in [5.74, 6) is 0.0447. The number of piperidine rings is 1. The number of nitrogens with one attached hydrogen (secondary N) is 2. The summed E-state index contributed by atoms with van der Waals surface area (Å²) in [6, 6.07) is 11.3. The number of esters is 2. The van der Waals surface area contributed by atoms with Crippen molar-refractivity contribution in [1.82, 2.24) is 20.4 Å². The lowest BCUT2D eigenvalue weighted by molar-refractivity contribution is -0.143. The highest BCUT2D eigenvalue weighted by molar-refractivity contribution is 6.02. The van der Waals surface area contributed by atoms with Crippen LogP contribution >= 0.6 is 0 Å². The lowest BCUT2D eigenvalue weighted by atomic mass is 9.87. The highest BCUT2D eigenvalue weighted by atomic mass is 16.5. The molecule has 2 aliphatic heterocycles. The summed E-state index contributed by atoms with van der Waals surface area (Å²) < 4.78 is 16.5. The molecular weight excluding hydrogens is 757 g/mol. The fourth-order valence-electron chi connectivity index (χ4n) is 8.65. The van der Waals surface area contributed by atoms with Gasteiger partial charge in [0.15, 0.2) is 0 Å². The smallest absolute Gasteiger partial charge is 0.338 e. The molecule has 0 aromatic heterocycles. The average molecular weight is 831 g/mol. The van der Waals surface area contributed by atoms with Crippen molar-refractivity contribution >= 4 is 24.0 Å². The Morgan fingerprint density at radius 1 is 0.800 bits per heavy atom. The van der Waals surface area contributed by atoms with Crippen LogP contribution in [-0.2, 0) is 20.7 Å². The second-order valence-corrected chi connectivity index (χ2v) is 16.7. The van der Waals surface area contributed by atoms with Crippen molar-refractivity contribution in [3.8, 4) is 5.75 Å². The number of hydrogen-bond donors (Lipinski definition) is 2. The molecule has 2 N–H and O–H groups in total. The second-order valence-electron chi connectivity index (χ2n) is 16.7. The third kappa shape index (κ3) is 14.4. The van der Waals surface area contributed by atoms with Gasteiger partial charge in [0.2, 0.25) is 0 Å². The molecule has 0 bridgehead atoms. The quantitative estimate of drug-likeness (QED) is 0.0748. The first kappa shape index (κ1) is 48.3. The van der Waals surface area contributed by atoms with Gasteiger partial charge in [-0.2, -0.15) is 0 Å². The normalized spacial score (nSPS) is 16.2. The van der Waals surface area contributed by atoms with Gasteiger partial charge in [-0.1, -0.05) is 115 Å². The van der Waals surface area contributed by atoms with E-state index in [1.165, 1.54) is 76.9 Å². The Hall–Kier alpha value is -4.38. The van der Waals surface area contributed by atoms with Crippen LogP contribution in [0.3, 0.4) is 0 Å². The zero-order valence-corrected chi connectivity index (χ0v) is 37.6. The molecule has 11 heteroatoms. The maximum absolute atomic E-state index is 14.2. The molecule has 2 heterocycles. The number of nitrogens with zero attached hydrogens (tertiary/aromatic N) is 2. The van der Waals surface area contributed by atoms with Crippen molar-refractivity contribution in [3.63, 3.8) is 0 Å². The predicted octanol–water partition coefficient (Wildman–Crippen LogP) is 10.8. The van der Waals surface area contributed by atoms with E-state index in [9.17, 15) is 19.2 Å². The van der Waals surface area contributed by atoms with Gasteiger partial charge in [0.1, 0.15) is 11.8 Å². The molecule has 0 spiro atoms. The van der Waals surface area contributed by atoms with Crippen LogP contribution in [0.1, 0.15) is 176 Å². The van der Waals surface area contributed by atoms with Crippen LogP contribution in [0.5, 0.6) is 5.75 Å². The first-order chi connectivity index (χ1) is 29.1. The minimum atomic E-state index is -1.03. The average Bonchev–Trinajstić information content (AvgIpc) is 3.25. The number of methoxy groups -OCH3 is 2. The SMILES string of the molecule is CCCCCCCCCCCCCCCc1cccc(OC)c1C1C(C(=O)OC(C)C)=C(CC)NC(=O)N1C(=O)NCCCN1CCC(c2ccc(C(=O)OC)cc2)CC1. The number of likely N-dealkylation sites (tertiary alicyclic amines) is 1. The molecule has 1 saturated heterocycles. The Balaban J connectivity index is 1.40. The first-order valence-corrected chi connectivity index (χ1v) is 23.0. The van der Waals surface area contributed by atoms with Crippen molar-refractivity contribution in [1.29, 1.82) is 0 Å². The van der Waals surface area contributed by atoms with E-state index in [-0.39, 0.29) is 11.5 Å². The Labute approximate surface area is 360 Å². The zero-order valence-electron chi connectivity index (χ0n) is 37.6. The fraction of sp³-hybridized carbons (Fsp3) is 0.633. The number of urea groups is 2. The van der Waals surface area contributed by atoms with Crippen LogP contribution in [0.2, 0.25) is 0 Å². The summed E-state index contributed by atoms with van der Waals surface area (Å²) in [6.07, 6.45) is 19.8. The van der Waals surface area contributed by atoms with Crippen LogP contribution < -0.4 is 15.4 Å². The molecule has 0 radical (unpaired) electrons. The molecule has 1 unspecified atom stereocenters. The van der Waals surface area contributed by atoms with E-state index in [1.807, 2.05) is 49.4 Å². The highest BCUT2D eigenvalue weighted by Crippen LogP contribution is 2.42. The highest BCUT2D eigenvalue weighted by Gasteiger charge is 2.45. The summed E-state index contributed by atoms with van der Waals surface area (Å²) in [7, 11) is 2.97. The van der Waals surface area contributed by atoms with Gasteiger partial charge in [-0.3, -0.25) is 0 Å². The van der Waals surface area contributed by atoms with Crippen molar-refractivity contribution in [2.75, 3.05) is 40.4 Å². The number of amides is 4. The number of benzene rings is 2. The Morgan fingerprint density at radius 3 is 1.98 bits per heavy atom. The zero-order chi connectivity index (χ0) is 43.3. The van der Waals surface area contributed by atoms with Gasteiger partial charge in [-0.05, 0) is 107 Å². The minimum absolute atomic E-state index is 0.250. The van der Waals surface area contributed by atoms with E-state index >= 15 is 0 Å². The van der Waals surface area contributed by atoms with Crippen LogP contribution in [0, 0.1) is 0 Å². The maximum atomic E-state index is 14.2. The topological polar surface area (TPSA) is 127 Å². The van der Waals surface area contributed by atoms with Crippen LogP contribution in [-0.4, -0.2) is 80.3 Å².